The first kappa shape index (κ1) is 20.5. The molecule has 1 heterocycles. The van der Waals surface area contributed by atoms with Gasteiger partial charge in [0.2, 0.25) is 5.91 Å². The van der Waals surface area contributed by atoms with E-state index in [0.717, 1.165) is 41.0 Å². The molecule has 0 saturated heterocycles. The second kappa shape index (κ2) is 7.76. The summed E-state index contributed by atoms with van der Waals surface area (Å²) in [5.41, 5.74) is 2.36. The molecule has 0 radical (unpaired) electrons. The van der Waals surface area contributed by atoms with Crippen LogP contribution in [0.1, 0.15) is 38.5 Å². The smallest absolute Gasteiger partial charge is 0.269 e. The number of anilines is 1. The zero-order valence-corrected chi connectivity index (χ0v) is 19.0. The predicted molar refractivity (Wildman–Crippen MR) is 129 cm³/mol. The first-order valence-electron chi connectivity index (χ1n) is 11.6. The molecule has 1 amide bonds. The second-order valence-corrected chi connectivity index (χ2v) is 11.0. The highest BCUT2D eigenvalue weighted by Gasteiger charge is 2.54. The van der Waals surface area contributed by atoms with E-state index in [-0.39, 0.29) is 17.0 Å². The fraction of sp³-hybridized carbons (Fsp3) is 0.385. The summed E-state index contributed by atoms with van der Waals surface area (Å²) in [4.78, 5) is 30.0. The van der Waals surface area contributed by atoms with Gasteiger partial charge in [0.1, 0.15) is 0 Å². The summed E-state index contributed by atoms with van der Waals surface area (Å²) < 4.78 is 0. The number of amides is 1. The van der Waals surface area contributed by atoms with E-state index in [9.17, 15) is 14.9 Å². The molecule has 2 aromatic carbocycles. The molecule has 168 valence electrons. The number of carbonyl (C=O) groups is 1. The van der Waals surface area contributed by atoms with Crippen LogP contribution in [-0.4, -0.2) is 15.8 Å². The van der Waals surface area contributed by atoms with Crippen LogP contribution >= 0.6 is 11.3 Å². The van der Waals surface area contributed by atoms with Gasteiger partial charge in [0.15, 0.2) is 5.13 Å². The van der Waals surface area contributed by atoms with E-state index in [2.05, 4.69) is 5.32 Å². The Morgan fingerprint density at radius 3 is 2.12 bits per heavy atom. The van der Waals surface area contributed by atoms with Crippen molar-refractivity contribution in [1.82, 2.24) is 4.98 Å². The summed E-state index contributed by atoms with van der Waals surface area (Å²) in [6.07, 6.45) is 6.93. The quantitative estimate of drug-likeness (QED) is 0.347. The summed E-state index contributed by atoms with van der Waals surface area (Å²) in [5, 5.41) is 14.9. The number of nitrogens with one attached hydrogen (secondary N) is 1. The number of benzene rings is 2. The summed E-state index contributed by atoms with van der Waals surface area (Å²) in [5.74, 6) is 2.24. The lowest BCUT2D eigenvalue weighted by molar-refractivity contribution is -0.384. The maximum Gasteiger partial charge on any atom is 0.269 e. The van der Waals surface area contributed by atoms with Crippen molar-refractivity contribution in [3.05, 3.63) is 64.7 Å². The molecule has 33 heavy (non-hydrogen) atoms. The molecule has 4 aliphatic rings. The maximum absolute atomic E-state index is 13.6. The average molecular weight is 460 g/mol. The lowest BCUT2D eigenvalue weighted by Crippen LogP contribution is -2.51. The van der Waals surface area contributed by atoms with Gasteiger partial charge in [0.05, 0.1) is 20.9 Å². The zero-order valence-electron chi connectivity index (χ0n) is 18.2. The minimum absolute atomic E-state index is 0.0468. The fourth-order valence-electron chi connectivity index (χ4n) is 6.71. The van der Waals surface area contributed by atoms with Crippen LogP contribution in [0.25, 0.3) is 21.7 Å². The number of nitro groups is 1. The largest absolute Gasteiger partial charge is 0.301 e. The van der Waals surface area contributed by atoms with Crippen LogP contribution in [0.15, 0.2) is 54.6 Å². The van der Waals surface area contributed by atoms with Gasteiger partial charge >= 0.3 is 0 Å². The molecule has 1 N–H and O–H groups in total. The Morgan fingerprint density at radius 1 is 0.939 bits per heavy atom. The number of nitrogens with zero attached hydrogens (tertiary/aromatic N) is 2. The van der Waals surface area contributed by atoms with Crippen LogP contribution in [0.4, 0.5) is 10.8 Å². The normalized spacial score (nSPS) is 27.5. The van der Waals surface area contributed by atoms with Crippen LogP contribution in [0.2, 0.25) is 0 Å². The SMILES string of the molecule is O=C(Nc1nc(-c2ccc([N+](=O)[O-])cc2)c(-c2ccccc2)s1)C12CC3CC(CC(C3)C1)C2. The summed E-state index contributed by atoms with van der Waals surface area (Å²) >= 11 is 1.47. The molecule has 0 spiro atoms. The summed E-state index contributed by atoms with van der Waals surface area (Å²) in [6.45, 7) is 0. The highest BCUT2D eigenvalue weighted by atomic mass is 32.1. The third-order valence-electron chi connectivity index (χ3n) is 7.76. The van der Waals surface area contributed by atoms with Crippen LogP contribution in [0, 0.1) is 33.3 Å². The first-order valence-corrected chi connectivity index (χ1v) is 12.4. The Balaban J connectivity index is 1.33. The highest BCUT2D eigenvalue weighted by Crippen LogP contribution is 2.60. The van der Waals surface area contributed by atoms with E-state index >= 15 is 0 Å². The van der Waals surface area contributed by atoms with Gasteiger partial charge in [-0.1, -0.05) is 41.7 Å². The molecular formula is C26H25N3O3S. The van der Waals surface area contributed by atoms with Gasteiger partial charge in [0.25, 0.3) is 5.69 Å². The molecular weight excluding hydrogens is 434 g/mol. The lowest BCUT2D eigenvalue weighted by Gasteiger charge is -2.55. The Kier molecular flexibility index (Phi) is 4.83. The number of hydrogen-bond acceptors (Lipinski definition) is 5. The molecule has 4 fully saturated rings. The molecule has 0 aliphatic heterocycles. The topological polar surface area (TPSA) is 85.1 Å². The van der Waals surface area contributed by atoms with E-state index in [1.807, 2.05) is 30.3 Å². The Bertz CT molecular complexity index is 1180. The zero-order chi connectivity index (χ0) is 22.6. The van der Waals surface area contributed by atoms with Gasteiger partial charge in [-0.25, -0.2) is 4.98 Å². The first-order chi connectivity index (χ1) is 16.0. The molecule has 7 rings (SSSR count). The lowest BCUT2D eigenvalue weighted by atomic mass is 9.49. The molecule has 4 saturated carbocycles. The number of non-ortho nitro benzene ring substituents is 1. The molecule has 6 nitrogen and oxygen atoms in total. The van der Waals surface area contributed by atoms with Crippen molar-refractivity contribution in [3.8, 4) is 21.7 Å². The van der Waals surface area contributed by atoms with Gasteiger partial charge in [-0.15, -0.1) is 0 Å². The van der Waals surface area contributed by atoms with Crippen molar-refractivity contribution in [2.45, 2.75) is 38.5 Å². The van der Waals surface area contributed by atoms with Gasteiger partial charge < -0.3 is 5.32 Å². The van der Waals surface area contributed by atoms with E-state index in [1.165, 1.54) is 42.7 Å². The van der Waals surface area contributed by atoms with Crippen LogP contribution in [0.3, 0.4) is 0 Å². The van der Waals surface area contributed by atoms with Crippen LogP contribution in [-0.2, 0) is 4.79 Å². The monoisotopic (exact) mass is 459 g/mol. The maximum atomic E-state index is 13.6. The molecule has 0 atom stereocenters. The van der Waals surface area contributed by atoms with Gasteiger partial charge in [0, 0.05) is 17.7 Å². The van der Waals surface area contributed by atoms with Crippen molar-refractivity contribution in [1.29, 1.82) is 0 Å². The fourth-order valence-corrected chi connectivity index (χ4v) is 7.70. The average Bonchev–Trinajstić information content (AvgIpc) is 3.22. The number of nitro benzene ring substituents is 1. The van der Waals surface area contributed by atoms with E-state index in [1.54, 1.807) is 12.1 Å². The van der Waals surface area contributed by atoms with Crippen LogP contribution in [0.5, 0.6) is 0 Å². The number of hydrogen-bond donors (Lipinski definition) is 1. The number of carbonyl (C=O) groups excluding carboxylic acids is 1. The molecule has 0 unspecified atom stereocenters. The standard InChI is InChI=1S/C26H25N3O3S/c30-24(26-13-16-10-17(14-26)12-18(11-16)15-26)28-25-27-22(19-6-8-21(9-7-19)29(31)32)23(33-25)20-4-2-1-3-5-20/h1-9,16-18H,10-15H2,(H,27,28,30). The predicted octanol–water partition coefficient (Wildman–Crippen LogP) is 6.54. The van der Waals surface area contributed by atoms with Crippen molar-refractivity contribution in [3.63, 3.8) is 0 Å². The Hall–Kier alpha value is -3.06. The Morgan fingerprint density at radius 2 is 1.55 bits per heavy atom. The van der Waals surface area contributed by atoms with Crippen molar-refractivity contribution in [2.75, 3.05) is 5.32 Å². The van der Waals surface area contributed by atoms with Gasteiger partial charge in [-0.05, 0) is 74.0 Å². The van der Waals surface area contributed by atoms with Gasteiger partial charge in [-0.3, -0.25) is 14.9 Å². The van der Waals surface area contributed by atoms with E-state index < -0.39 is 4.92 Å². The van der Waals surface area contributed by atoms with Crippen LogP contribution < -0.4 is 5.32 Å². The van der Waals surface area contributed by atoms with E-state index in [4.69, 9.17) is 4.98 Å². The molecule has 3 aromatic rings. The third-order valence-corrected chi connectivity index (χ3v) is 8.77. The summed E-state index contributed by atoms with van der Waals surface area (Å²) in [7, 11) is 0. The van der Waals surface area contributed by atoms with E-state index in [0.29, 0.717) is 22.9 Å². The summed E-state index contributed by atoms with van der Waals surface area (Å²) in [6, 6.07) is 16.4. The molecule has 4 aliphatic carbocycles. The van der Waals surface area contributed by atoms with Crippen molar-refractivity contribution in [2.24, 2.45) is 23.2 Å². The third kappa shape index (κ3) is 3.64. The molecule has 7 heteroatoms. The minimum atomic E-state index is -0.403. The van der Waals surface area contributed by atoms with Crippen molar-refractivity contribution >= 4 is 28.1 Å². The highest BCUT2D eigenvalue weighted by molar-refractivity contribution is 7.19. The number of thiazole rings is 1. The Labute approximate surface area is 196 Å². The molecule has 1 aromatic heterocycles. The van der Waals surface area contributed by atoms with Crippen molar-refractivity contribution < 1.29 is 9.72 Å². The second-order valence-electron chi connectivity index (χ2n) is 10.0. The van der Waals surface area contributed by atoms with Gasteiger partial charge in [-0.2, -0.15) is 0 Å². The number of rotatable bonds is 5. The number of aromatic nitrogens is 1. The molecule has 4 bridgehead atoms. The minimum Gasteiger partial charge on any atom is -0.301 e.